The fourth-order valence-electron chi connectivity index (χ4n) is 5.12. The number of hydrogen-bond donors (Lipinski definition) is 3. The average molecular weight is 513 g/mol. The summed E-state index contributed by atoms with van der Waals surface area (Å²) in [6.45, 7) is 8.30. The van der Waals surface area contributed by atoms with Gasteiger partial charge in [-0.3, -0.25) is 14.4 Å². The molecule has 7 heteroatoms. The summed E-state index contributed by atoms with van der Waals surface area (Å²) < 4.78 is 0.225. The molecule has 0 amide bonds. The van der Waals surface area contributed by atoms with Crippen LogP contribution in [-0.4, -0.2) is 63.9 Å². The lowest BCUT2D eigenvalue weighted by Crippen LogP contribution is -2.57. The molecule has 0 aromatic carbocycles. The lowest BCUT2D eigenvalue weighted by atomic mass is 10.00. The van der Waals surface area contributed by atoms with Crippen LogP contribution in [0, 0.1) is 17.8 Å². The van der Waals surface area contributed by atoms with E-state index in [-0.39, 0.29) is 24.1 Å². The maximum Gasteiger partial charge on any atom is 0.311 e. The molecule has 3 unspecified atom stereocenters. The number of carboxylic acid groups (broad SMARTS) is 3. The first-order valence-electron chi connectivity index (χ1n) is 14.2. The molecule has 0 aromatic rings. The third-order valence-electron chi connectivity index (χ3n) is 7.24. The van der Waals surface area contributed by atoms with Crippen molar-refractivity contribution < 1.29 is 34.2 Å². The first-order chi connectivity index (χ1) is 17.0. The molecule has 0 radical (unpaired) electrons. The van der Waals surface area contributed by atoms with Crippen LogP contribution >= 0.6 is 0 Å². The number of aliphatic carboxylic acids is 3. The minimum atomic E-state index is -0.933. The Morgan fingerprint density at radius 3 is 1.19 bits per heavy atom. The van der Waals surface area contributed by atoms with Crippen LogP contribution in [0.25, 0.3) is 0 Å². The Bertz CT molecular complexity index is 593. The van der Waals surface area contributed by atoms with Crippen LogP contribution in [0.3, 0.4) is 0 Å². The lowest BCUT2D eigenvalue weighted by Gasteiger charge is -2.42. The van der Waals surface area contributed by atoms with Crippen LogP contribution in [0.2, 0.25) is 0 Å². The highest BCUT2D eigenvalue weighted by Crippen LogP contribution is 2.22. The fraction of sp³-hybridized carbons (Fsp3) is 0.828. The average Bonchev–Trinajstić information content (AvgIpc) is 2.81. The van der Waals surface area contributed by atoms with Gasteiger partial charge < -0.3 is 19.8 Å². The monoisotopic (exact) mass is 512 g/mol. The molecular formula is C29H54NO6+. The number of quaternary nitrogens is 1. The predicted octanol–water partition coefficient (Wildman–Crippen LogP) is 6.61. The normalized spacial score (nSPS) is 15.9. The molecule has 0 spiro atoms. The first kappa shape index (κ1) is 34.1. The molecule has 36 heavy (non-hydrogen) atoms. The Morgan fingerprint density at radius 1 is 0.583 bits per heavy atom. The van der Waals surface area contributed by atoms with Crippen LogP contribution in [0.1, 0.15) is 111 Å². The second-order valence-corrected chi connectivity index (χ2v) is 10.9. The summed E-state index contributed by atoms with van der Waals surface area (Å²) in [6, 6.07) is 0. The zero-order chi connectivity index (χ0) is 27.4. The summed E-state index contributed by atoms with van der Waals surface area (Å²) in [4.78, 5) is 34.8. The summed E-state index contributed by atoms with van der Waals surface area (Å²) in [5.41, 5.74) is 0. The largest absolute Gasteiger partial charge is 0.481 e. The minimum Gasteiger partial charge on any atom is -0.481 e. The van der Waals surface area contributed by atoms with E-state index in [9.17, 15) is 29.7 Å². The van der Waals surface area contributed by atoms with Gasteiger partial charge in [-0.15, -0.1) is 0 Å². The summed E-state index contributed by atoms with van der Waals surface area (Å²) in [6.07, 6.45) is 20.1. The molecule has 0 fully saturated rings. The molecule has 0 aromatic heterocycles. The van der Waals surface area contributed by atoms with Crippen molar-refractivity contribution in [2.45, 2.75) is 111 Å². The Morgan fingerprint density at radius 2 is 0.889 bits per heavy atom. The van der Waals surface area contributed by atoms with Crippen LogP contribution < -0.4 is 0 Å². The fourth-order valence-corrected chi connectivity index (χ4v) is 5.12. The van der Waals surface area contributed by atoms with Crippen molar-refractivity contribution in [2.24, 2.45) is 17.8 Å². The second-order valence-electron chi connectivity index (χ2n) is 10.9. The smallest absolute Gasteiger partial charge is 0.311 e. The van der Waals surface area contributed by atoms with E-state index in [1.165, 1.54) is 64.2 Å². The molecule has 3 atom stereocenters. The van der Waals surface area contributed by atoms with E-state index >= 15 is 0 Å². The van der Waals surface area contributed by atoms with E-state index in [1.54, 1.807) is 20.8 Å². The topological polar surface area (TPSA) is 112 Å². The van der Waals surface area contributed by atoms with Crippen molar-refractivity contribution in [3.8, 4) is 0 Å². The van der Waals surface area contributed by atoms with Gasteiger partial charge in [-0.2, -0.15) is 0 Å². The molecule has 3 N–H and O–H groups in total. The van der Waals surface area contributed by atoms with E-state index in [4.69, 9.17) is 0 Å². The number of carboxylic acids is 3. The van der Waals surface area contributed by atoms with Gasteiger partial charge in [0.25, 0.3) is 0 Å². The zero-order valence-electron chi connectivity index (χ0n) is 23.4. The molecule has 7 nitrogen and oxygen atoms in total. The Balaban J connectivity index is 4.55. The Hall–Kier alpha value is -1.89. The molecule has 0 saturated heterocycles. The molecule has 0 aliphatic rings. The summed E-state index contributed by atoms with van der Waals surface area (Å²) in [5, 5.41) is 28.5. The number of hydrogen-bond acceptors (Lipinski definition) is 3. The van der Waals surface area contributed by atoms with E-state index in [1.807, 2.05) is 0 Å². The molecule has 0 heterocycles. The third-order valence-corrected chi connectivity index (χ3v) is 7.24. The van der Waals surface area contributed by atoms with Gasteiger partial charge in [-0.05, 0) is 53.4 Å². The number of allylic oxidation sites excluding steroid dienone is 2. The summed E-state index contributed by atoms with van der Waals surface area (Å²) >= 11 is 0. The van der Waals surface area contributed by atoms with Gasteiger partial charge in [0.2, 0.25) is 0 Å². The molecule has 0 aliphatic carbocycles. The minimum absolute atomic E-state index is 0.225. The predicted molar refractivity (Wildman–Crippen MR) is 145 cm³/mol. The molecular weight excluding hydrogens is 458 g/mol. The van der Waals surface area contributed by atoms with Gasteiger partial charge in [0.15, 0.2) is 0 Å². The highest BCUT2D eigenvalue weighted by Gasteiger charge is 2.38. The third kappa shape index (κ3) is 16.7. The Labute approximate surface area is 219 Å². The van der Waals surface area contributed by atoms with Gasteiger partial charge >= 0.3 is 17.9 Å². The highest BCUT2D eigenvalue weighted by atomic mass is 16.4. The van der Waals surface area contributed by atoms with Crippen molar-refractivity contribution in [3.05, 3.63) is 12.2 Å². The van der Waals surface area contributed by atoms with Crippen molar-refractivity contribution in [1.82, 2.24) is 0 Å². The zero-order valence-corrected chi connectivity index (χ0v) is 23.4. The molecule has 0 rings (SSSR count). The number of rotatable bonds is 24. The highest BCUT2D eigenvalue weighted by molar-refractivity contribution is 5.70. The number of unbranched alkanes of at least 4 members (excludes halogenated alkanes) is 12. The molecule has 0 saturated carbocycles. The van der Waals surface area contributed by atoms with E-state index in [0.717, 1.165) is 19.3 Å². The maximum atomic E-state index is 11.6. The Kier molecular flexibility index (Phi) is 19.1. The van der Waals surface area contributed by atoms with Crippen molar-refractivity contribution in [3.63, 3.8) is 0 Å². The van der Waals surface area contributed by atoms with Gasteiger partial charge in [-0.1, -0.05) is 69.9 Å². The van der Waals surface area contributed by atoms with E-state index in [2.05, 4.69) is 19.1 Å². The second kappa shape index (κ2) is 20.2. The molecule has 210 valence electrons. The van der Waals surface area contributed by atoms with Crippen LogP contribution in [0.15, 0.2) is 12.2 Å². The summed E-state index contributed by atoms with van der Waals surface area (Å²) in [5.74, 6) is -4.80. The van der Waals surface area contributed by atoms with Gasteiger partial charge in [0, 0.05) is 0 Å². The van der Waals surface area contributed by atoms with Crippen molar-refractivity contribution in [1.29, 1.82) is 0 Å². The molecule has 0 bridgehead atoms. The van der Waals surface area contributed by atoms with E-state index in [0.29, 0.717) is 6.54 Å². The van der Waals surface area contributed by atoms with Gasteiger partial charge in [0.05, 0.1) is 26.2 Å². The SMILES string of the molecule is C/C=C/CCCCCCCCCCCCCC[N+](CC(C)C(=O)O)(CC(C)C(=O)O)CC(C)C(=O)O. The lowest BCUT2D eigenvalue weighted by molar-refractivity contribution is -0.934. The standard InChI is InChI=1S/C29H53NO6/c1-5-6-7-8-9-10-11-12-13-14-15-16-17-18-19-20-30(21-24(2)27(31)32,22-25(3)28(33)34)23-26(4)29(35)36/h5-6,24-26H,7-23H2,1-4H3,(H2-,31,32,33,34,35,36)/p+1/b6-5+. The number of nitrogens with zero attached hydrogens (tertiary/aromatic N) is 1. The van der Waals surface area contributed by atoms with Crippen LogP contribution in [0.4, 0.5) is 0 Å². The van der Waals surface area contributed by atoms with E-state index < -0.39 is 35.7 Å². The van der Waals surface area contributed by atoms with Crippen molar-refractivity contribution in [2.75, 3.05) is 26.2 Å². The number of carbonyl (C=O) groups is 3. The van der Waals surface area contributed by atoms with Gasteiger partial charge in [0.1, 0.15) is 17.8 Å². The van der Waals surface area contributed by atoms with Gasteiger partial charge in [-0.25, -0.2) is 0 Å². The quantitative estimate of drug-likeness (QED) is 0.0762. The first-order valence-corrected chi connectivity index (χ1v) is 14.2. The van der Waals surface area contributed by atoms with Crippen LogP contribution in [-0.2, 0) is 14.4 Å². The molecule has 0 aliphatic heterocycles. The summed E-state index contributed by atoms with van der Waals surface area (Å²) in [7, 11) is 0. The maximum absolute atomic E-state index is 11.6. The van der Waals surface area contributed by atoms with Crippen LogP contribution in [0.5, 0.6) is 0 Å². The van der Waals surface area contributed by atoms with Crippen molar-refractivity contribution >= 4 is 17.9 Å².